The van der Waals surface area contributed by atoms with Crippen LogP contribution in [-0.2, 0) is 0 Å². The van der Waals surface area contributed by atoms with Crippen LogP contribution in [0.15, 0.2) is 24.3 Å². The summed E-state index contributed by atoms with van der Waals surface area (Å²) in [5.41, 5.74) is 1.16. The van der Waals surface area contributed by atoms with Crippen molar-refractivity contribution in [3.8, 4) is 16.3 Å². The van der Waals surface area contributed by atoms with Crippen molar-refractivity contribution >= 4 is 27.5 Å². The number of fused-ring (bicyclic) bond motifs is 1. The zero-order chi connectivity index (χ0) is 15.1. The lowest BCUT2D eigenvalue weighted by Gasteiger charge is -2.01. The van der Waals surface area contributed by atoms with Gasteiger partial charge in [-0.3, -0.25) is 0 Å². The van der Waals surface area contributed by atoms with Gasteiger partial charge in [0.15, 0.2) is 11.4 Å². The highest BCUT2D eigenvalue weighted by molar-refractivity contribution is 7.22. The van der Waals surface area contributed by atoms with E-state index in [2.05, 4.69) is 9.97 Å². The predicted molar refractivity (Wildman–Crippen MR) is 76.2 cm³/mol. The minimum Gasteiger partial charge on any atom is -0.504 e. The first-order valence-electron chi connectivity index (χ1n) is 5.96. The highest BCUT2D eigenvalue weighted by Crippen LogP contribution is 2.37. The number of carboxylic acids is 1. The van der Waals surface area contributed by atoms with E-state index in [-0.39, 0.29) is 5.82 Å². The number of hydrogen-bond donors (Lipinski definition) is 2. The van der Waals surface area contributed by atoms with Crippen LogP contribution >= 0.6 is 11.3 Å². The number of thiazole rings is 1. The zero-order valence-electron chi connectivity index (χ0n) is 10.8. The normalized spacial score (nSPS) is 11.0. The van der Waals surface area contributed by atoms with E-state index in [1.54, 1.807) is 19.1 Å². The molecule has 0 saturated carbocycles. The quantitative estimate of drug-likeness (QED) is 0.759. The van der Waals surface area contributed by atoms with Gasteiger partial charge in [-0.05, 0) is 31.2 Å². The van der Waals surface area contributed by atoms with Gasteiger partial charge < -0.3 is 10.2 Å². The van der Waals surface area contributed by atoms with Gasteiger partial charge in [-0.25, -0.2) is 19.2 Å². The molecule has 0 aliphatic rings. The number of carbonyl (C=O) groups is 1. The monoisotopic (exact) mass is 304 g/mol. The molecule has 2 aromatic heterocycles. The van der Waals surface area contributed by atoms with Crippen molar-refractivity contribution in [2.45, 2.75) is 6.92 Å². The lowest BCUT2D eigenvalue weighted by molar-refractivity contribution is 0.0687. The van der Waals surface area contributed by atoms with Crippen LogP contribution in [0, 0.1) is 12.7 Å². The Morgan fingerprint density at radius 3 is 2.52 bits per heavy atom. The topological polar surface area (TPSA) is 83.3 Å². The fourth-order valence-electron chi connectivity index (χ4n) is 1.97. The Kier molecular flexibility index (Phi) is 3.06. The molecule has 2 heterocycles. The SMILES string of the molecule is Cc1nc(C(=O)O)c(O)c2sc(-c3ccc(F)cc3)nc12. The molecule has 21 heavy (non-hydrogen) atoms. The van der Waals surface area contributed by atoms with Gasteiger partial charge in [-0.2, -0.15) is 0 Å². The van der Waals surface area contributed by atoms with Crippen LogP contribution in [0.25, 0.3) is 20.8 Å². The van der Waals surface area contributed by atoms with E-state index in [1.807, 2.05) is 0 Å². The van der Waals surface area contributed by atoms with E-state index < -0.39 is 17.4 Å². The van der Waals surface area contributed by atoms with Gasteiger partial charge in [0.2, 0.25) is 0 Å². The number of pyridine rings is 1. The maximum Gasteiger partial charge on any atom is 0.358 e. The van der Waals surface area contributed by atoms with Gasteiger partial charge in [0.25, 0.3) is 0 Å². The summed E-state index contributed by atoms with van der Waals surface area (Å²) in [6, 6.07) is 5.78. The summed E-state index contributed by atoms with van der Waals surface area (Å²) in [4.78, 5) is 19.3. The first-order chi connectivity index (χ1) is 9.97. The van der Waals surface area contributed by atoms with Crippen molar-refractivity contribution in [2.24, 2.45) is 0 Å². The van der Waals surface area contributed by atoms with Gasteiger partial charge in [-0.1, -0.05) is 0 Å². The molecule has 0 unspecified atom stereocenters. The van der Waals surface area contributed by atoms with Crippen LogP contribution in [0.2, 0.25) is 0 Å². The predicted octanol–water partition coefficient (Wildman–Crippen LogP) is 3.21. The number of aromatic nitrogens is 2. The molecule has 106 valence electrons. The third kappa shape index (κ3) is 2.21. The highest BCUT2D eigenvalue weighted by atomic mass is 32.1. The second kappa shape index (κ2) is 4.78. The number of hydrogen-bond acceptors (Lipinski definition) is 5. The number of aryl methyl sites for hydroxylation is 1. The van der Waals surface area contributed by atoms with Crippen molar-refractivity contribution in [3.63, 3.8) is 0 Å². The Bertz CT molecular complexity index is 859. The highest BCUT2D eigenvalue weighted by Gasteiger charge is 2.20. The Hall–Kier alpha value is -2.54. The maximum atomic E-state index is 12.9. The summed E-state index contributed by atoms with van der Waals surface area (Å²) in [5.74, 6) is -2.04. The molecule has 7 heteroatoms. The number of rotatable bonds is 2. The van der Waals surface area contributed by atoms with Gasteiger partial charge in [0, 0.05) is 5.56 Å². The third-order valence-corrected chi connectivity index (χ3v) is 4.09. The molecule has 0 radical (unpaired) electrons. The second-order valence-electron chi connectivity index (χ2n) is 4.40. The smallest absolute Gasteiger partial charge is 0.358 e. The van der Waals surface area contributed by atoms with E-state index in [0.717, 1.165) is 11.3 Å². The number of halogens is 1. The average Bonchev–Trinajstić information content (AvgIpc) is 2.89. The summed E-state index contributed by atoms with van der Waals surface area (Å²) in [7, 11) is 0. The van der Waals surface area contributed by atoms with Crippen LogP contribution in [0.5, 0.6) is 5.75 Å². The summed E-state index contributed by atoms with van der Waals surface area (Å²) >= 11 is 1.14. The first kappa shape index (κ1) is 13.4. The molecule has 0 fully saturated rings. The van der Waals surface area contributed by atoms with Crippen LogP contribution in [0.3, 0.4) is 0 Å². The second-order valence-corrected chi connectivity index (χ2v) is 5.40. The minimum absolute atomic E-state index is 0.353. The Balaban J connectivity index is 2.24. The molecule has 1 aromatic carbocycles. The maximum absolute atomic E-state index is 12.9. The molecule has 3 aromatic rings. The number of benzene rings is 1. The van der Waals surface area contributed by atoms with Gasteiger partial charge in [0.1, 0.15) is 21.0 Å². The van der Waals surface area contributed by atoms with Crippen LogP contribution in [0.4, 0.5) is 4.39 Å². The molecule has 2 N–H and O–H groups in total. The number of aromatic hydroxyl groups is 1. The molecular weight excluding hydrogens is 295 g/mol. The number of nitrogens with zero attached hydrogens (tertiary/aromatic N) is 2. The van der Waals surface area contributed by atoms with Gasteiger partial charge in [0.05, 0.1) is 5.69 Å². The van der Waals surface area contributed by atoms with Crippen LogP contribution < -0.4 is 0 Å². The number of aromatic carboxylic acids is 1. The molecule has 5 nitrogen and oxygen atoms in total. The van der Waals surface area contributed by atoms with Crippen molar-refractivity contribution in [2.75, 3.05) is 0 Å². The molecule has 0 atom stereocenters. The Labute approximate surface area is 122 Å². The number of carboxylic acid groups (broad SMARTS) is 1. The van der Waals surface area contributed by atoms with Gasteiger partial charge in [-0.15, -0.1) is 11.3 Å². The molecule has 0 bridgehead atoms. The molecule has 0 aliphatic carbocycles. The first-order valence-corrected chi connectivity index (χ1v) is 6.78. The third-order valence-electron chi connectivity index (χ3n) is 2.98. The average molecular weight is 304 g/mol. The summed E-state index contributed by atoms with van der Waals surface area (Å²) in [6.45, 7) is 1.63. The standard InChI is InChI=1S/C14H9FN2O3S/c1-6-9-12(11(18)10(16-6)14(19)20)21-13(17-9)7-2-4-8(15)5-3-7/h2-5,18H,1H3,(H,19,20). The lowest BCUT2D eigenvalue weighted by Crippen LogP contribution is -2.02. The molecular formula is C14H9FN2O3S. The van der Waals surface area contributed by atoms with Crippen molar-refractivity contribution < 1.29 is 19.4 Å². The van der Waals surface area contributed by atoms with Crippen molar-refractivity contribution in [1.29, 1.82) is 0 Å². The molecule has 0 amide bonds. The van der Waals surface area contributed by atoms with Crippen molar-refractivity contribution in [1.82, 2.24) is 9.97 Å². The fourth-order valence-corrected chi connectivity index (χ4v) is 3.04. The van der Waals surface area contributed by atoms with Crippen LogP contribution in [-0.4, -0.2) is 26.2 Å². The molecule has 0 saturated heterocycles. The van der Waals surface area contributed by atoms with Crippen molar-refractivity contribution in [3.05, 3.63) is 41.5 Å². The van der Waals surface area contributed by atoms with E-state index in [0.29, 0.717) is 26.5 Å². The fraction of sp³-hybridized carbons (Fsp3) is 0.0714. The zero-order valence-corrected chi connectivity index (χ0v) is 11.6. The Morgan fingerprint density at radius 2 is 1.90 bits per heavy atom. The van der Waals surface area contributed by atoms with Crippen LogP contribution in [0.1, 0.15) is 16.2 Å². The van der Waals surface area contributed by atoms with E-state index >= 15 is 0 Å². The molecule has 0 spiro atoms. The van der Waals surface area contributed by atoms with Gasteiger partial charge >= 0.3 is 5.97 Å². The summed E-state index contributed by atoms with van der Waals surface area (Å²) < 4.78 is 13.3. The van der Waals surface area contributed by atoms with E-state index in [1.165, 1.54) is 12.1 Å². The molecule has 0 aliphatic heterocycles. The summed E-state index contributed by atoms with van der Waals surface area (Å²) in [5, 5.41) is 19.6. The van der Waals surface area contributed by atoms with E-state index in [4.69, 9.17) is 5.11 Å². The minimum atomic E-state index is -1.30. The largest absolute Gasteiger partial charge is 0.504 e. The Morgan fingerprint density at radius 1 is 1.24 bits per heavy atom. The van der Waals surface area contributed by atoms with E-state index in [9.17, 15) is 14.3 Å². The molecule has 3 rings (SSSR count). The lowest BCUT2D eigenvalue weighted by atomic mass is 10.2. The summed E-state index contributed by atoms with van der Waals surface area (Å²) in [6.07, 6.45) is 0.